The van der Waals surface area contributed by atoms with E-state index in [0.717, 1.165) is 5.75 Å². The van der Waals surface area contributed by atoms with E-state index in [1.807, 2.05) is 30.3 Å². The number of hydrogen-bond acceptors (Lipinski definition) is 5. The molecule has 0 saturated carbocycles. The second-order valence-corrected chi connectivity index (χ2v) is 3.43. The Hall–Kier alpha value is -2.37. The minimum atomic E-state index is -0.542. The number of hydrogen-bond donors (Lipinski definition) is 1. The van der Waals surface area contributed by atoms with Gasteiger partial charge in [0.15, 0.2) is 5.82 Å². The zero-order valence-electron chi connectivity index (χ0n) is 9.92. The molecular formula is C12H13N3O3. The SMILES string of the molecule is CCOC(=O)c1n[nH]c(COc2ccccc2)n1. The predicted molar refractivity (Wildman–Crippen MR) is 63.1 cm³/mol. The quantitative estimate of drug-likeness (QED) is 0.811. The van der Waals surface area contributed by atoms with Gasteiger partial charge < -0.3 is 9.47 Å². The number of rotatable bonds is 5. The van der Waals surface area contributed by atoms with E-state index in [-0.39, 0.29) is 12.4 Å². The van der Waals surface area contributed by atoms with Crippen LogP contribution in [-0.4, -0.2) is 27.8 Å². The van der Waals surface area contributed by atoms with Crippen LogP contribution in [0, 0.1) is 0 Å². The van der Waals surface area contributed by atoms with Gasteiger partial charge in [-0.15, -0.1) is 5.10 Å². The van der Waals surface area contributed by atoms with Crippen molar-refractivity contribution in [1.82, 2.24) is 15.2 Å². The lowest BCUT2D eigenvalue weighted by Gasteiger charge is -2.02. The minimum absolute atomic E-state index is 0.0171. The van der Waals surface area contributed by atoms with Crippen molar-refractivity contribution in [3.8, 4) is 5.75 Å². The Morgan fingerprint density at radius 3 is 2.83 bits per heavy atom. The molecule has 0 aliphatic heterocycles. The molecule has 0 aliphatic rings. The van der Waals surface area contributed by atoms with E-state index in [0.29, 0.717) is 12.4 Å². The number of para-hydroxylation sites is 1. The summed E-state index contributed by atoms with van der Waals surface area (Å²) in [6.45, 7) is 2.24. The molecule has 2 aromatic rings. The lowest BCUT2D eigenvalue weighted by atomic mass is 10.3. The molecule has 0 saturated heterocycles. The van der Waals surface area contributed by atoms with Crippen LogP contribution in [0.25, 0.3) is 0 Å². The van der Waals surface area contributed by atoms with Gasteiger partial charge in [-0.2, -0.15) is 0 Å². The van der Waals surface area contributed by atoms with E-state index in [9.17, 15) is 4.79 Å². The highest BCUT2D eigenvalue weighted by atomic mass is 16.5. The lowest BCUT2D eigenvalue weighted by Crippen LogP contribution is -2.07. The third kappa shape index (κ3) is 3.07. The first-order chi connectivity index (χ1) is 8.79. The van der Waals surface area contributed by atoms with E-state index in [1.165, 1.54) is 0 Å². The fourth-order valence-electron chi connectivity index (χ4n) is 1.32. The summed E-state index contributed by atoms with van der Waals surface area (Å²) in [6, 6.07) is 9.32. The van der Waals surface area contributed by atoms with Gasteiger partial charge in [0.05, 0.1) is 6.61 Å². The topological polar surface area (TPSA) is 77.1 Å². The third-order valence-corrected chi connectivity index (χ3v) is 2.11. The average Bonchev–Trinajstić information content (AvgIpc) is 2.87. The Labute approximate surface area is 104 Å². The number of ether oxygens (including phenoxy) is 2. The van der Waals surface area contributed by atoms with Crippen LogP contribution < -0.4 is 4.74 Å². The minimum Gasteiger partial charge on any atom is -0.486 e. The maximum atomic E-state index is 11.3. The molecular weight excluding hydrogens is 234 g/mol. The number of benzene rings is 1. The molecule has 1 aromatic heterocycles. The molecule has 6 nitrogen and oxygen atoms in total. The standard InChI is InChI=1S/C12H13N3O3/c1-2-17-12(16)11-13-10(14-15-11)8-18-9-6-4-3-5-7-9/h3-7H,2,8H2,1H3,(H,13,14,15). The van der Waals surface area contributed by atoms with Crippen molar-refractivity contribution >= 4 is 5.97 Å². The van der Waals surface area contributed by atoms with Crippen molar-refractivity contribution in [3.05, 3.63) is 42.0 Å². The molecule has 6 heteroatoms. The first-order valence-electron chi connectivity index (χ1n) is 5.56. The lowest BCUT2D eigenvalue weighted by molar-refractivity contribution is 0.0512. The van der Waals surface area contributed by atoms with Crippen molar-refractivity contribution in [1.29, 1.82) is 0 Å². The Morgan fingerprint density at radius 2 is 2.11 bits per heavy atom. The first kappa shape index (κ1) is 12.1. The summed E-state index contributed by atoms with van der Waals surface area (Å²) in [7, 11) is 0. The van der Waals surface area contributed by atoms with Gasteiger partial charge in [0, 0.05) is 0 Å². The number of carbonyl (C=O) groups is 1. The van der Waals surface area contributed by atoms with Crippen LogP contribution in [0.3, 0.4) is 0 Å². The van der Waals surface area contributed by atoms with Gasteiger partial charge in [-0.3, -0.25) is 5.10 Å². The van der Waals surface area contributed by atoms with E-state index in [1.54, 1.807) is 6.92 Å². The van der Waals surface area contributed by atoms with Gasteiger partial charge in [0.1, 0.15) is 12.4 Å². The second kappa shape index (κ2) is 5.81. The number of esters is 1. The van der Waals surface area contributed by atoms with Crippen molar-refractivity contribution in [3.63, 3.8) is 0 Å². The normalized spacial score (nSPS) is 10.1. The number of aromatic amines is 1. The average molecular weight is 247 g/mol. The zero-order valence-corrected chi connectivity index (χ0v) is 9.92. The Morgan fingerprint density at radius 1 is 1.33 bits per heavy atom. The molecule has 0 radical (unpaired) electrons. The van der Waals surface area contributed by atoms with E-state index < -0.39 is 5.97 Å². The fraction of sp³-hybridized carbons (Fsp3) is 0.250. The van der Waals surface area contributed by atoms with Crippen molar-refractivity contribution in [2.45, 2.75) is 13.5 Å². The largest absolute Gasteiger partial charge is 0.486 e. The third-order valence-electron chi connectivity index (χ3n) is 2.11. The summed E-state index contributed by atoms with van der Waals surface area (Å²) >= 11 is 0. The summed E-state index contributed by atoms with van der Waals surface area (Å²) in [5, 5.41) is 6.38. The zero-order chi connectivity index (χ0) is 12.8. The highest BCUT2D eigenvalue weighted by Gasteiger charge is 2.13. The van der Waals surface area contributed by atoms with Gasteiger partial charge >= 0.3 is 5.97 Å². The van der Waals surface area contributed by atoms with Crippen LogP contribution in [0.15, 0.2) is 30.3 Å². The molecule has 0 fully saturated rings. The molecule has 1 N–H and O–H groups in total. The van der Waals surface area contributed by atoms with E-state index >= 15 is 0 Å². The van der Waals surface area contributed by atoms with Gasteiger partial charge in [-0.05, 0) is 19.1 Å². The Kier molecular flexibility index (Phi) is 3.90. The number of carbonyl (C=O) groups excluding carboxylic acids is 1. The van der Waals surface area contributed by atoms with Gasteiger partial charge in [-0.25, -0.2) is 9.78 Å². The van der Waals surface area contributed by atoms with Crippen LogP contribution in [0.5, 0.6) is 5.75 Å². The van der Waals surface area contributed by atoms with Crippen molar-refractivity contribution < 1.29 is 14.3 Å². The molecule has 1 aromatic carbocycles. The number of nitrogens with zero attached hydrogens (tertiary/aromatic N) is 2. The Balaban J connectivity index is 1.93. The molecule has 94 valence electrons. The highest BCUT2D eigenvalue weighted by Crippen LogP contribution is 2.09. The summed E-state index contributed by atoms with van der Waals surface area (Å²) in [5.41, 5.74) is 0. The van der Waals surface area contributed by atoms with Gasteiger partial charge in [-0.1, -0.05) is 18.2 Å². The number of H-pyrrole nitrogens is 1. The highest BCUT2D eigenvalue weighted by molar-refractivity contribution is 5.84. The molecule has 0 unspecified atom stereocenters. The molecule has 0 spiro atoms. The monoisotopic (exact) mass is 247 g/mol. The van der Waals surface area contributed by atoms with Gasteiger partial charge in [0.2, 0.25) is 0 Å². The van der Waals surface area contributed by atoms with Gasteiger partial charge in [0.25, 0.3) is 5.82 Å². The predicted octanol–water partition coefficient (Wildman–Crippen LogP) is 1.56. The summed E-state index contributed by atoms with van der Waals surface area (Å²) in [6.07, 6.45) is 0. The maximum Gasteiger partial charge on any atom is 0.378 e. The van der Waals surface area contributed by atoms with Crippen LogP contribution in [0.1, 0.15) is 23.4 Å². The summed E-state index contributed by atoms with van der Waals surface area (Å²) in [5.74, 6) is 0.678. The molecule has 0 bridgehead atoms. The van der Waals surface area contributed by atoms with E-state index in [4.69, 9.17) is 9.47 Å². The van der Waals surface area contributed by atoms with Crippen LogP contribution in [0.4, 0.5) is 0 Å². The number of nitrogens with one attached hydrogen (secondary N) is 1. The molecule has 2 rings (SSSR count). The van der Waals surface area contributed by atoms with Crippen LogP contribution in [-0.2, 0) is 11.3 Å². The maximum absolute atomic E-state index is 11.3. The fourth-order valence-corrected chi connectivity index (χ4v) is 1.32. The summed E-state index contributed by atoms with van der Waals surface area (Å²) in [4.78, 5) is 15.3. The molecule has 0 aliphatic carbocycles. The smallest absolute Gasteiger partial charge is 0.378 e. The van der Waals surface area contributed by atoms with Crippen molar-refractivity contribution in [2.75, 3.05) is 6.61 Å². The van der Waals surface area contributed by atoms with Crippen LogP contribution in [0.2, 0.25) is 0 Å². The van der Waals surface area contributed by atoms with Crippen molar-refractivity contribution in [2.24, 2.45) is 0 Å². The van der Waals surface area contributed by atoms with Crippen LogP contribution >= 0.6 is 0 Å². The summed E-state index contributed by atoms with van der Waals surface area (Å²) < 4.78 is 10.2. The number of aromatic nitrogens is 3. The molecule has 18 heavy (non-hydrogen) atoms. The Bertz CT molecular complexity index is 510. The molecule has 0 atom stereocenters. The molecule has 0 amide bonds. The second-order valence-electron chi connectivity index (χ2n) is 3.43. The first-order valence-corrected chi connectivity index (χ1v) is 5.56. The molecule has 1 heterocycles. The van der Waals surface area contributed by atoms with E-state index in [2.05, 4.69) is 15.2 Å².